The molecule has 0 atom stereocenters. The maximum Gasteiger partial charge on any atom is 0.134 e. The predicted octanol–water partition coefficient (Wildman–Crippen LogP) is 1.38. The van der Waals surface area contributed by atoms with Crippen LogP contribution in [0.4, 0.5) is 0 Å². The van der Waals surface area contributed by atoms with Crippen molar-refractivity contribution in [1.82, 2.24) is 0 Å². The van der Waals surface area contributed by atoms with E-state index in [9.17, 15) is 4.79 Å². The van der Waals surface area contributed by atoms with Gasteiger partial charge >= 0.3 is 0 Å². The molecule has 0 N–H and O–H groups in total. The van der Waals surface area contributed by atoms with Crippen molar-refractivity contribution in [3.8, 4) is 12.3 Å². The van der Waals surface area contributed by atoms with Crippen LogP contribution in [-0.2, 0) is 4.79 Å². The molecule has 2 saturated carbocycles. The molecular formula is C9H10O. The lowest BCUT2D eigenvalue weighted by molar-refractivity contribution is -0.140. The SMILES string of the molecule is C#CC1CC2(CC(=O)C2)C1. The Hall–Kier alpha value is -0.770. The van der Waals surface area contributed by atoms with Gasteiger partial charge in [-0.25, -0.2) is 0 Å². The molecule has 0 heterocycles. The Morgan fingerprint density at radius 1 is 1.50 bits per heavy atom. The second-order valence-corrected chi connectivity index (χ2v) is 3.66. The summed E-state index contributed by atoms with van der Waals surface area (Å²) >= 11 is 0. The molecular weight excluding hydrogens is 124 g/mol. The topological polar surface area (TPSA) is 17.1 Å². The molecule has 1 heteroatoms. The molecule has 0 unspecified atom stereocenters. The van der Waals surface area contributed by atoms with E-state index >= 15 is 0 Å². The van der Waals surface area contributed by atoms with Crippen molar-refractivity contribution >= 4 is 5.78 Å². The van der Waals surface area contributed by atoms with Gasteiger partial charge in [-0.15, -0.1) is 12.3 Å². The van der Waals surface area contributed by atoms with Crippen molar-refractivity contribution in [2.45, 2.75) is 25.7 Å². The van der Waals surface area contributed by atoms with Crippen LogP contribution < -0.4 is 0 Å². The van der Waals surface area contributed by atoms with Gasteiger partial charge in [-0.05, 0) is 18.3 Å². The van der Waals surface area contributed by atoms with Crippen LogP contribution in [0, 0.1) is 23.7 Å². The molecule has 0 bridgehead atoms. The van der Waals surface area contributed by atoms with Gasteiger partial charge < -0.3 is 0 Å². The Labute approximate surface area is 60.8 Å². The summed E-state index contributed by atoms with van der Waals surface area (Å²) in [6.45, 7) is 0. The number of hydrogen-bond acceptors (Lipinski definition) is 1. The molecule has 52 valence electrons. The highest BCUT2D eigenvalue weighted by atomic mass is 16.1. The summed E-state index contributed by atoms with van der Waals surface area (Å²) in [6, 6.07) is 0. The van der Waals surface area contributed by atoms with E-state index in [1.807, 2.05) is 0 Å². The third-order valence-corrected chi connectivity index (χ3v) is 2.74. The minimum Gasteiger partial charge on any atom is -0.300 e. The molecule has 2 aliphatic rings. The highest BCUT2D eigenvalue weighted by molar-refractivity contribution is 5.86. The van der Waals surface area contributed by atoms with Crippen LogP contribution >= 0.6 is 0 Å². The van der Waals surface area contributed by atoms with Gasteiger partial charge in [0, 0.05) is 18.8 Å². The van der Waals surface area contributed by atoms with Crippen molar-refractivity contribution in [3.63, 3.8) is 0 Å². The number of terminal acetylenes is 1. The summed E-state index contributed by atoms with van der Waals surface area (Å²) in [7, 11) is 0. The first-order valence-corrected chi connectivity index (χ1v) is 3.72. The van der Waals surface area contributed by atoms with Gasteiger partial charge in [0.05, 0.1) is 0 Å². The molecule has 2 aliphatic carbocycles. The zero-order valence-corrected chi connectivity index (χ0v) is 5.89. The highest BCUT2D eigenvalue weighted by Gasteiger charge is 2.51. The van der Waals surface area contributed by atoms with Crippen molar-refractivity contribution in [3.05, 3.63) is 0 Å². The largest absolute Gasteiger partial charge is 0.300 e. The van der Waals surface area contributed by atoms with E-state index in [1.165, 1.54) is 0 Å². The van der Waals surface area contributed by atoms with Crippen LogP contribution in [0.25, 0.3) is 0 Å². The lowest BCUT2D eigenvalue weighted by atomic mass is 9.51. The lowest BCUT2D eigenvalue weighted by Gasteiger charge is -2.51. The van der Waals surface area contributed by atoms with E-state index in [1.54, 1.807) is 0 Å². The van der Waals surface area contributed by atoms with E-state index in [0.29, 0.717) is 17.1 Å². The molecule has 0 amide bonds. The molecule has 0 aromatic carbocycles. The molecule has 0 aromatic rings. The number of carbonyl (C=O) groups excluding carboxylic acids is 1. The summed E-state index contributed by atoms with van der Waals surface area (Å²) < 4.78 is 0. The fourth-order valence-electron chi connectivity index (χ4n) is 2.18. The van der Waals surface area contributed by atoms with Crippen LogP contribution in [0.1, 0.15) is 25.7 Å². The summed E-state index contributed by atoms with van der Waals surface area (Å²) in [5, 5.41) is 0. The Bertz CT molecular complexity index is 205. The first kappa shape index (κ1) is 5.97. The van der Waals surface area contributed by atoms with Crippen LogP contribution in [0.2, 0.25) is 0 Å². The fraction of sp³-hybridized carbons (Fsp3) is 0.667. The van der Waals surface area contributed by atoms with Crippen molar-refractivity contribution in [1.29, 1.82) is 0 Å². The number of rotatable bonds is 0. The first-order chi connectivity index (χ1) is 4.74. The molecule has 1 nitrogen and oxygen atoms in total. The smallest absolute Gasteiger partial charge is 0.134 e. The standard InChI is InChI=1S/C9H10O/c1-2-7-3-9(4-7)5-8(10)6-9/h1,7H,3-6H2. The summed E-state index contributed by atoms with van der Waals surface area (Å²) in [4.78, 5) is 10.7. The van der Waals surface area contributed by atoms with E-state index in [4.69, 9.17) is 6.42 Å². The van der Waals surface area contributed by atoms with Crippen molar-refractivity contribution in [2.24, 2.45) is 11.3 Å². The fourth-order valence-corrected chi connectivity index (χ4v) is 2.18. The van der Waals surface area contributed by atoms with Gasteiger partial charge in [0.2, 0.25) is 0 Å². The average Bonchev–Trinajstić information content (AvgIpc) is 1.74. The van der Waals surface area contributed by atoms with E-state index < -0.39 is 0 Å². The van der Waals surface area contributed by atoms with Gasteiger partial charge in [0.1, 0.15) is 5.78 Å². The van der Waals surface area contributed by atoms with Gasteiger partial charge in [0.15, 0.2) is 0 Å². The monoisotopic (exact) mass is 134 g/mol. The molecule has 1 spiro atoms. The van der Waals surface area contributed by atoms with E-state index in [2.05, 4.69) is 5.92 Å². The number of carbonyl (C=O) groups is 1. The first-order valence-electron chi connectivity index (χ1n) is 3.72. The van der Waals surface area contributed by atoms with Crippen molar-refractivity contribution in [2.75, 3.05) is 0 Å². The number of ketones is 1. The van der Waals surface area contributed by atoms with Gasteiger partial charge in [-0.2, -0.15) is 0 Å². The second kappa shape index (κ2) is 1.63. The van der Waals surface area contributed by atoms with Crippen LogP contribution in [0.3, 0.4) is 0 Å². The van der Waals surface area contributed by atoms with E-state index in [-0.39, 0.29) is 0 Å². The predicted molar refractivity (Wildman–Crippen MR) is 38.2 cm³/mol. The molecule has 2 rings (SSSR count). The van der Waals surface area contributed by atoms with Gasteiger partial charge in [0.25, 0.3) is 0 Å². The molecule has 0 aliphatic heterocycles. The Morgan fingerprint density at radius 3 is 2.50 bits per heavy atom. The third kappa shape index (κ3) is 0.623. The van der Waals surface area contributed by atoms with Crippen LogP contribution in [0.5, 0.6) is 0 Å². The molecule has 0 saturated heterocycles. The van der Waals surface area contributed by atoms with E-state index in [0.717, 1.165) is 25.7 Å². The maximum atomic E-state index is 10.7. The zero-order valence-electron chi connectivity index (χ0n) is 5.89. The minimum atomic E-state index is 0.397. The zero-order chi connectivity index (χ0) is 7.19. The highest BCUT2D eigenvalue weighted by Crippen LogP contribution is 2.56. The van der Waals surface area contributed by atoms with Gasteiger partial charge in [-0.3, -0.25) is 4.79 Å². The van der Waals surface area contributed by atoms with Crippen molar-refractivity contribution < 1.29 is 4.79 Å². The normalized spacial score (nSPS) is 28.9. The number of Topliss-reactive ketones (excluding diaryl/α,β-unsaturated/α-hetero) is 1. The quantitative estimate of drug-likeness (QED) is 0.457. The Morgan fingerprint density at radius 2 is 2.10 bits per heavy atom. The van der Waals surface area contributed by atoms with Crippen LogP contribution in [0.15, 0.2) is 0 Å². The average molecular weight is 134 g/mol. The second-order valence-electron chi connectivity index (χ2n) is 3.66. The molecule has 0 radical (unpaired) electrons. The van der Waals surface area contributed by atoms with Crippen LogP contribution in [-0.4, -0.2) is 5.78 Å². The summed E-state index contributed by atoms with van der Waals surface area (Å²) in [6.07, 6.45) is 9.07. The number of hydrogen-bond donors (Lipinski definition) is 0. The lowest BCUT2D eigenvalue weighted by Crippen LogP contribution is -2.47. The Kier molecular flexibility index (Phi) is 0.976. The molecule has 10 heavy (non-hydrogen) atoms. The Balaban J connectivity index is 1.92. The maximum absolute atomic E-state index is 10.7. The summed E-state index contributed by atoms with van der Waals surface area (Å²) in [5.41, 5.74) is 0.397. The minimum absolute atomic E-state index is 0.397. The molecule has 2 fully saturated rings. The summed E-state index contributed by atoms with van der Waals surface area (Å²) in [5.74, 6) is 3.63. The molecule has 0 aromatic heterocycles. The third-order valence-electron chi connectivity index (χ3n) is 2.74. The van der Waals surface area contributed by atoms with Gasteiger partial charge in [-0.1, -0.05) is 0 Å².